The maximum Gasteiger partial charge on any atom is 0.338 e. The molecule has 1 aliphatic rings. The molecule has 1 aromatic heterocycles. The van der Waals surface area contributed by atoms with Crippen LogP contribution in [-0.4, -0.2) is 30.4 Å². The molecule has 45 heavy (non-hydrogen) atoms. The van der Waals surface area contributed by atoms with E-state index in [1.807, 2.05) is 56.3 Å². The number of ether oxygens (including phenoxy) is 4. The topological polar surface area (TPSA) is 88.4 Å². The van der Waals surface area contributed by atoms with Gasteiger partial charge < -0.3 is 18.9 Å². The number of aryl methyl sites for hydroxylation is 1. The van der Waals surface area contributed by atoms with E-state index in [9.17, 15) is 9.59 Å². The predicted octanol–water partition coefficient (Wildman–Crippen LogP) is 6.24. The molecule has 0 bridgehead atoms. The Morgan fingerprint density at radius 2 is 1.78 bits per heavy atom. The second-order valence-corrected chi connectivity index (χ2v) is 12.7. The summed E-state index contributed by atoms with van der Waals surface area (Å²) in [6.07, 6.45) is 1.76. The van der Waals surface area contributed by atoms with Gasteiger partial charge in [0.05, 0.1) is 46.1 Å². The third-order valence-corrected chi connectivity index (χ3v) is 8.75. The first kappa shape index (κ1) is 32.2. The van der Waals surface area contributed by atoms with Gasteiger partial charge in [-0.05, 0) is 97.6 Å². The Kier molecular flexibility index (Phi) is 9.94. The summed E-state index contributed by atoms with van der Waals surface area (Å²) in [5.41, 5.74) is 4.27. The Bertz CT molecular complexity index is 1940. The van der Waals surface area contributed by atoms with Gasteiger partial charge in [-0.1, -0.05) is 53.3 Å². The van der Waals surface area contributed by atoms with Crippen LogP contribution in [-0.2, 0) is 16.1 Å². The SMILES string of the molecule is CCOC(=O)C1=C(C)N=c2s/c(=C\c3ccc(OCc4ccc(C)cc4)c(Br)c3)c(=O)n2[C@H]1c1ccc(OC(C)C)c(OC)c1. The van der Waals surface area contributed by atoms with Gasteiger partial charge in [0.25, 0.3) is 5.56 Å². The Morgan fingerprint density at radius 3 is 2.44 bits per heavy atom. The molecule has 0 N–H and O–H groups in total. The number of fused-ring (bicyclic) bond motifs is 1. The molecule has 0 saturated carbocycles. The maximum absolute atomic E-state index is 14.1. The number of nitrogens with zero attached hydrogens (tertiary/aromatic N) is 2. The lowest BCUT2D eigenvalue weighted by molar-refractivity contribution is -0.139. The van der Waals surface area contributed by atoms with Gasteiger partial charge in [0, 0.05) is 0 Å². The number of carbonyl (C=O) groups excluding carboxylic acids is 1. The number of esters is 1. The van der Waals surface area contributed by atoms with Gasteiger partial charge in [0.2, 0.25) is 0 Å². The third kappa shape index (κ3) is 7.07. The summed E-state index contributed by atoms with van der Waals surface area (Å²) < 4.78 is 25.8. The fourth-order valence-electron chi connectivity index (χ4n) is 5.03. The number of halogens is 1. The smallest absolute Gasteiger partial charge is 0.338 e. The van der Waals surface area contributed by atoms with Gasteiger partial charge >= 0.3 is 5.97 Å². The van der Waals surface area contributed by atoms with Gasteiger partial charge in [-0.3, -0.25) is 9.36 Å². The van der Waals surface area contributed by atoms with E-state index in [-0.39, 0.29) is 18.3 Å². The van der Waals surface area contributed by atoms with Crippen molar-refractivity contribution in [3.05, 3.63) is 118 Å². The molecular formula is C35H35BrN2O6S. The van der Waals surface area contributed by atoms with Gasteiger partial charge in [0.15, 0.2) is 16.3 Å². The molecule has 0 unspecified atom stereocenters. The minimum atomic E-state index is -0.770. The number of hydrogen-bond acceptors (Lipinski definition) is 8. The lowest BCUT2D eigenvalue weighted by atomic mass is 9.95. The molecule has 5 rings (SSSR count). The molecule has 0 radical (unpaired) electrons. The van der Waals surface area contributed by atoms with Crippen molar-refractivity contribution in [2.45, 2.75) is 53.4 Å². The summed E-state index contributed by atoms with van der Waals surface area (Å²) in [4.78, 5) is 32.5. The quantitative estimate of drug-likeness (QED) is 0.183. The zero-order valence-electron chi connectivity index (χ0n) is 26.0. The van der Waals surface area contributed by atoms with Crippen LogP contribution in [0.1, 0.15) is 56.0 Å². The Balaban J connectivity index is 1.54. The van der Waals surface area contributed by atoms with E-state index in [0.717, 1.165) is 15.6 Å². The minimum absolute atomic E-state index is 0.0616. The highest BCUT2D eigenvalue weighted by molar-refractivity contribution is 9.10. The van der Waals surface area contributed by atoms with Gasteiger partial charge in [0.1, 0.15) is 12.4 Å². The Labute approximate surface area is 274 Å². The van der Waals surface area contributed by atoms with Crippen molar-refractivity contribution in [2.75, 3.05) is 13.7 Å². The summed E-state index contributed by atoms with van der Waals surface area (Å²) in [6.45, 7) is 10.0. The zero-order valence-corrected chi connectivity index (χ0v) is 28.5. The number of methoxy groups -OCH3 is 1. The summed E-state index contributed by atoms with van der Waals surface area (Å²) in [5, 5.41) is 0. The lowest BCUT2D eigenvalue weighted by Crippen LogP contribution is -2.40. The Hall–Kier alpha value is -4.15. The molecule has 0 fully saturated rings. The number of hydrogen-bond donors (Lipinski definition) is 0. The van der Waals surface area contributed by atoms with E-state index in [2.05, 4.69) is 40.0 Å². The van der Waals surface area contributed by atoms with Crippen LogP contribution in [0.2, 0.25) is 0 Å². The van der Waals surface area contributed by atoms with E-state index in [0.29, 0.717) is 50.0 Å². The van der Waals surface area contributed by atoms with Crippen LogP contribution in [0.5, 0.6) is 17.2 Å². The number of aromatic nitrogens is 1. The van der Waals surface area contributed by atoms with Crippen molar-refractivity contribution in [3.8, 4) is 17.2 Å². The number of benzene rings is 3. The van der Waals surface area contributed by atoms with Crippen LogP contribution >= 0.6 is 27.3 Å². The van der Waals surface area contributed by atoms with E-state index >= 15 is 0 Å². The van der Waals surface area contributed by atoms with Gasteiger partial charge in [-0.25, -0.2) is 9.79 Å². The third-order valence-electron chi connectivity index (χ3n) is 7.15. The van der Waals surface area contributed by atoms with Crippen molar-refractivity contribution in [1.82, 2.24) is 4.57 Å². The monoisotopic (exact) mass is 690 g/mol. The average Bonchev–Trinajstić information content (AvgIpc) is 3.30. The molecule has 0 spiro atoms. The summed E-state index contributed by atoms with van der Waals surface area (Å²) >= 11 is 4.88. The number of rotatable bonds is 10. The fraction of sp³-hybridized carbons (Fsp3) is 0.286. The molecular weight excluding hydrogens is 656 g/mol. The second kappa shape index (κ2) is 13.9. The van der Waals surface area contributed by atoms with Crippen LogP contribution in [0.15, 0.2) is 86.2 Å². The highest BCUT2D eigenvalue weighted by Crippen LogP contribution is 2.36. The van der Waals surface area contributed by atoms with Crippen LogP contribution in [0.4, 0.5) is 0 Å². The molecule has 2 heterocycles. The molecule has 0 saturated heterocycles. The number of allylic oxidation sites excluding steroid dienone is 1. The van der Waals surface area contributed by atoms with Crippen molar-refractivity contribution in [1.29, 1.82) is 0 Å². The second-order valence-electron chi connectivity index (χ2n) is 10.8. The van der Waals surface area contributed by atoms with E-state index in [1.54, 1.807) is 37.7 Å². The largest absolute Gasteiger partial charge is 0.493 e. The maximum atomic E-state index is 14.1. The van der Waals surface area contributed by atoms with E-state index in [1.165, 1.54) is 16.9 Å². The average molecular weight is 692 g/mol. The van der Waals surface area contributed by atoms with E-state index in [4.69, 9.17) is 18.9 Å². The molecule has 0 amide bonds. The Morgan fingerprint density at radius 1 is 1.04 bits per heavy atom. The van der Waals surface area contributed by atoms with Crippen LogP contribution < -0.4 is 29.1 Å². The summed E-state index contributed by atoms with van der Waals surface area (Å²) in [7, 11) is 1.56. The molecule has 10 heteroatoms. The van der Waals surface area contributed by atoms with E-state index < -0.39 is 12.0 Å². The highest BCUT2D eigenvalue weighted by Gasteiger charge is 2.34. The lowest BCUT2D eigenvalue weighted by Gasteiger charge is -2.25. The molecule has 1 atom stereocenters. The van der Waals surface area contributed by atoms with Gasteiger partial charge in [-0.15, -0.1) is 0 Å². The van der Waals surface area contributed by atoms with Crippen LogP contribution in [0, 0.1) is 6.92 Å². The molecule has 8 nitrogen and oxygen atoms in total. The molecule has 234 valence electrons. The zero-order chi connectivity index (χ0) is 32.2. The van der Waals surface area contributed by atoms with Crippen molar-refractivity contribution in [2.24, 2.45) is 4.99 Å². The van der Waals surface area contributed by atoms with Gasteiger partial charge in [-0.2, -0.15) is 0 Å². The first-order valence-electron chi connectivity index (χ1n) is 14.6. The van der Waals surface area contributed by atoms with Crippen molar-refractivity contribution >= 4 is 39.3 Å². The van der Waals surface area contributed by atoms with Crippen molar-refractivity contribution in [3.63, 3.8) is 0 Å². The van der Waals surface area contributed by atoms with Crippen molar-refractivity contribution < 1.29 is 23.7 Å². The first-order chi connectivity index (χ1) is 21.6. The predicted molar refractivity (Wildman–Crippen MR) is 179 cm³/mol. The first-order valence-corrected chi connectivity index (χ1v) is 16.2. The van der Waals surface area contributed by atoms with Crippen LogP contribution in [0.3, 0.4) is 0 Å². The normalized spacial score (nSPS) is 14.7. The summed E-state index contributed by atoms with van der Waals surface area (Å²) in [5.74, 6) is 1.24. The number of carbonyl (C=O) groups is 1. The molecule has 1 aliphatic heterocycles. The standard InChI is InChI=1S/C35H35BrN2O6S/c1-7-42-34(40)31-22(5)37-35-38(32(31)25-13-15-28(44-20(2)3)29(18-25)41-6)33(39)30(45-35)17-24-12-14-27(26(36)16-24)43-19-23-10-8-21(4)9-11-23/h8-18,20,32H,7,19H2,1-6H3/b30-17-/t32-/m0/s1. The fourth-order valence-corrected chi connectivity index (χ4v) is 6.59. The molecule has 4 aromatic rings. The molecule has 0 aliphatic carbocycles. The van der Waals surface area contributed by atoms with Crippen LogP contribution in [0.25, 0.3) is 6.08 Å². The highest BCUT2D eigenvalue weighted by atomic mass is 79.9. The summed E-state index contributed by atoms with van der Waals surface area (Å²) in [6, 6.07) is 18.6. The molecule has 3 aromatic carbocycles. The minimum Gasteiger partial charge on any atom is -0.493 e. The number of thiazole rings is 1.